The molecule has 0 fully saturated rings. The Morgan fingerprint density at radius 3 is 1.69 bits per heavy atom. The van der Waals surface area contributed by atoms with Crippen molar-refractivity contribution < 1.29 is 9.59 Å². The monoisotopic (exact) mass is 364 g/mol. The number of carbonyl (C=O) groups is 2. The van der Waals surface area contributed by atoms with Crippen LogP contribution in [0, 0.1) is 6.92 Å². The van der Waals surface area contributed by atoms with E-state index in [9.17, 15) is 9.59 Å². The van der Waals surface area contributed by atoms with E-state index in [1.807, 2.05) is 31.2 Å². The molecule has 3 aromatic carbocycles. The summed E-state index contributed by atoms with van der Waals surface area (Å²) in [4.78, 5) is 24.7. The molecule has 2 N–H and O–H groups in total. The predicted octanol–water partition coefficient (Wildman–Crippen LogP) is 5.15. The van der Waals surface area contributed by atoms with Crippen LogP contribution in [0.5, 0.6) is 0 Å². The van der Waals surface area contributed by atoms with Crippen molar-refractivity contribution in [2.75, 3.05) is 10.6 Å². The largest absolute Gasteiger partial charge is 0.322 e. The van der Waals surface area contributed by atoms with Crippen LogP contribution < -0.4 is 10.6 Å². The van der Waals surface area contributed by atoms with Crippen LogP contribution in [0.15, 0.2) is 72.8 Å². The minimum atomic E-state index is -0.288. The highest BCUT2D eigenvalue weighted by Crippen LogP contribution is 2.21. The molecule has 0 heterocycles. The van der Waals surface area contributed by atoms with Crippen molar-refractivity contribution in [2.45, 2.75) is 6.92 Å². The van der Waals surface area contributed by atoms with E-state index in [4.69, 9.17) is 11.6 Å². The molecule has 0 aliphatic rings. The number of carbonyl (C=O) groups excluding carboxylic acids is 2. The van der Waals surface area contributed by atoms with Crippen LogP contribution in [0.1, 0.15) is 26.3 Å². The van der Waals surface area contributed by atoms with Crippen molar-refractivity contribution in [3.05, 3.63) is 94.5 Å². The zero-order chi connectivity index (χ0) is 18.5. The minimum absolute atomic E-state index is 0.225. The van der Waals surface area contributed by atoms with E-state index < -0.39 is 0 Å². The van der Waals surface area contributed by atoms with E-state index in [2.05, 4.69) is 10.6 Å². The fourth-order valence-electron chi connectivity index (χ4n) is 2.44. The summed E-state index contributed by atoms with van der Waals surface area (Å²) in [7, 11) is 0. The molecule has 0 bridgehead atoms. The first-order valence-electron chi connectivity index (χ1n) is 8.07. The molecule has 0 aliphatic heterocycles. The van der Waals surface area contributed by atoms with Gasteiger partial charge in [-0.3, -0.25) is 9.59 Å². The third-order valence-corrected chi connectivity index (χ3v) is 4.25. The summed E-state index contributed by atoms with van der Waals surface area (Å²) in [5.41, 5.74) is 3.20. The third-order valence-electron chi connectivity index (χ3n) is 3.92. The molecule has 3 rings (SSSR count). The summed E-state index contributed by atoms with van der Waals surface area (Å²) in [6.07, 6.45) is 0. The highest BCUT2D eigenvalue weighted by Gasteiger charge is 2.11. The lowest BCUT2D eigenvalue weighted by atomic mass is 10.1. The third kappa shape index (κ3) is 4.10. The van der Waals surface area contributed by atoms with Gasteiger partial charge in [0.05, 0.1) is 10.7 Å². The number of halogens is 1. The second-order valence-electron chi connectivity index (χ2n) is 5.78. The van der Waals surface area contributed by atoms with Crippen molar-refractivity contribution in [3.8, 4) is 0 Å². The Balaban J connectivity index is 1.70. The fraction of sp³-hybridized carbons (Fsp3) is 0.0476. The van der Waals surface area contributed by atoms with E-state index in [0.717, 1.165) is 11.3 Å². The van der Waals surface area contributed by atoms with Gasteiger partial charge in [0.15, 0.2) is 0 Å². The Bertz CT molecular complexity index is 874. The maximum absolute atomic E-state index is 12.4. The highest BCUT2D eigenvalue weighted by molar-refractivity contribution is 6.33. The maximum atomic E-state index is 12.4. The van der Waals surface area contributed by atoms with Crippen molar-refractivity contribution >= 4 is 34.8 Å². The van der Waals surface area contributed by atoms with Crippen LogP contribution in [-0.4, -0.2) is 11.8 Å². The van der Waals surface area contributed by atoms with E-state index in [1.165, 1.54) is 0 Å². The fourth-order valence-corrected chi connectivity index (χ4v) is 2.62. The Hall–Kier alpha value is -3.11. The highest BCUT2D eigenvalue weighted by atomic mass is 35.5. The summed E-state index contributed by atoms with van der Waals surface area (Å²) in [5, 5.41) is 6.08. The molecule has 0 aliphatic carbocycles. The van der Waals surface area contributed by atoms with Gasteiger partial charge in [-0.2, -0.15) is 0 Å². The molecular weight excluding hydrogens is 348 g/mol. The van der Waals surface area contributed by atoms with Gasteiger partial charge in [-0.15, -0.1) is 0 Å². The second-order valence-corrected chi connectivity index (χ2v) is 6.19. The molecule has 0 saturated heterocycles. The van der Waals surface area contributed by atoms with Gasteiger partial charge in [0.25, 0.3) is 11.8 Å². The lowest BCUT2D eigenvalue weighted by Gasteiger charge is -2.09. The number of amides is 2. The first-order chi connectivity index (χ1) is 12.5. The minimum Gasteiger partial charge on any atom is -0.322 e. The molecule has 0 saturated carbocycles. The summed E-state index contributed by atoms with van der Waals surface area (Å²) in [5.74, 6) is -0.513. The lowest BCUT2D eigenvalue weighted by Crippen LogP contribution is -2.15. The molecule has 0 radical (unpaired) electrons. The molecule has 0 spiro atoms. The molecule has 0 unspecified atom stereocenters. The molecular formula is C21H17ClN2O2. The molecule has 2 amide bonds. The summed E-state index contributed by atoms with van der Waals surface area (Å²) >= 11 is 6.04. The molecule has 4 nitrogen and oxygen atoms in total. The van der Waals surface area contributed by atoms with Crippen molar-refractivity contribution in [1.29, 1.82) is 0 Å². The molecule has 26 heavy (non-hydrogen) atoms. The number of hydrogen-bond acceptors (Lipinski definition) is 2. The smallest absolute Gasteiger partial charge is 0.255 e. The van der Waals surface area contributed by atoms with Gasteiger partial charge in [-0.05, 0) is 55.0 Å². The van der Waals surface area contributed by atoms with Gasteiger partial charge in [-0.1, -0.05) is 41.9 Å². The zero-order valence-corrected chi connectivity index (χ0v) is 14.9. The Morgan fingerprint density at radius 1 is 0.692 bits per heavy atom. The second kappa shape index (κ2) is 7.85. The first-order valence-corrected chi connectivity index (χ1v) is 8.45. The number of aryl methyl sites for hydroxylation is 1. The Kier molecular flexibility index (Phi) is 5.34. The zero-order valence-electron chi connectivity index (χ0n) is 14.1. The molecule has 130 valence electrons. The number of nitrogens with one attached hydrogen (secondary N) is 2. The van der Waals surface area contributed by atoms with Gasteiger partial charge in [0.1, 0.15) is 0 Å². The van der Waals surface area contributed by atoms with Gasteiger partial charge in [-0.25, -0.2) is 0 Å². The van der Waals surface area contributed by atoms with Gasteiger partial charge >= 0.3 is 0 Å². The van der Waals surface area contributed by atoms with Crippen molar-refractivity contribution in [2.24, 2.45) is 0 Å². The van der Waals surface area contributed by atoms with E-state index in [-0.39, 0.29) is 11.8 Å². The van der Waals surface area contributed by atoms with E-state index in [1.54, 1.807) is 48.5 Å². The average molecular weight is 365 g/mol. The summed E-state index contributed by atoms with van der Waals surface area (Å²) in [6.45, 7) is 1.93. The number of benzene rings is 3. The average Bonchev–Trinajstić information content (AvgIpc) is 2.65. The van der Waals surface area contributed by atoms with E-state index in [0.29, 0.717) is 21.8 Å². The Morgan fingerprint density at radius 2 is 1.15 bits per heavy atom. The number of rotatable bonds is 4. The van der Waals surface area contributed by atoms with Crippen LogP contribution >= 0.6 is 11.6 Å². The van der Waals surface area contributed by atoms with Gasteiger partial charge in [0, 0.05) is 16.8 Å². The van der Waals surface area contributed by atoms with Crippen LogP contribution in [0.4, 0.5) is 11.4 Å². The Labute approximate surface area is 156 Å². The lowest BCUT2D eigenvalue weighted by molar-refractivity contribution is 0.101. The number of para-hydroxylation sites is 2. The standard InChI is InChI=1S/C21H17ClN2O2/c1-14-6-2-4-8-18(14)23-20(25)15-10-12-16(13-11-15)21(26)24-19-9-5-3-7-17(19)22/h2-13H,1H3,(H,23,25)(H,24,26). The van der Waals surface area contributed by atoms with Gasteiger partial charge < -0.3 is 10.6 Å². The topological polar surface area (TPSA) is 58.2 Å². The SMILES string of the molecule is Cc1ccccc1NC(=O)c1ccc(C(=O)Nc2ccccc2Cl)cc1. The number of hydrogen-bond donors (Lipinski definition) is 2. The number of anilines is 2. The molecule has 5 heteroatoms. The molecule has 3 aromatic rings. The van der Waals surface area contributed by atoms with Crippen LogP contribution in [0.2, 0.25) is 5.02 Å². The van der Waals surface area contributed by atoms with Gasteiger partial charge in [0.2, 0.25) is 0 Å². The van der Waals surface area contributed by atoms with E-state index >= 15 is 0 Å². The summed E-state index contributed by atoms with van der Waals surface area (Å²) < 4.78 is 0. The molecule has 0 aromatic heterocycles. The van der Waals surface area contributed by atoms with Crippen molar-refractivity contribution in [3.63, 3.8) is 0 Å². The van der Waals surface area contributed by atoms with Crippen LogP contribution in [0.3, 0.4) is 0 Å². The predicted molar refractivity (Wildman–Crippen MR) is 105 cm³/mol. The van der Waals surface area contributed by atoms with Crippen LogP contribution in [-0.2, 0) is 0 Å². The maximum Gasteiger partial charge on any atom is 0.255 e. The van der Waals surface area contributed by atoms with Crippen molar-refractivity contribution in [1.82, 2.24) is 0 Å². The first kappa shape index (κ1) is 17.7. The molecule has 0 atom stereocenters. The normalized spacial score (nSPS) is 10.2. The van der Waals surface area contributed by atoms with Crippen LogP contribution in [0.25, 0.3) is 0 Å². The summed E-state index contributed by atoms with van der Waals surface area (Å²) in [6, 6.07) is 21.0. The quantitative estimate of drug-likeness (QED) is 0.672.